The van der Waals surface area contributed by atoms with Crippen LogP contribution in [-0.4, -0.2) is 62.5 Å². The average molecular weight is 374 g/mol. The lowest BCUT2D eigenvalue weighted by Crippen LogP contribution is -2.39. The first-order valence-corrected chi connectivity index (χ1v) is 9.89. The lowest BCUT2D eigenvalue weighted by Gasteiger charge is -2.21. The second-order valence-corrected chi connectivity index (χ2v) is 6.86. The van der Waals surface area contributed by atoms with Gasteiger partial charge < -0.3 is 25.1 Å². The van der Waals surface area contributed by atoms with E-state index in [0.717, 1.165) is 88.0 Å². The molecule has 27 heavy (non-hydrogen) atoms. The number of aliphatic imine (C=N–C) groups is 1. The molecule has 2 heterocycles. The van der Waals surface area contributed by atoms with Crippen molar-refractivity contribution in [3.63, 3.8) is 0 Å². The third-order valence-electron chi connectivity index (χ3n) is 4.77. The fraction of sp³-hybridized carbons (Fsp3) is 0.600. The van der Waals surface area contributed by atoms with E-state index in [4.69, 9.17) is 9.47 Å². The maximum atomic E-state index is 5.79. The SMILES string of the molecule is CN=C(NCCCOCC1CCOCC1)NCCc1nc2ccccc2[nH]1. The van der Waals surface area contributed by atoms with E-state index in [9.17, 15) is 0 Å². The molecule has 7 heteroatoms. The number of fused-ring (bicyclic) bond motifs is 1. The predicted octanol–water partition coefficient (Wildman–Crippen LogP) is 2.10. The number of guanidine groups is 1. The van der Waals surface area contributed by atoms with Crippen LogP contribution >= 0.6 is 0 Å². The van der Waals surface area contributed by atoms with Gasteiger partial charge in [-0.25, -0.2) is 4.98 Å². The highest BCUT2D eigenvalue weighted by Gasteiger charge is 2.13. The molecule has 0 atom stereocenters. The second kappa shape index (κ2) is 10.9. The van der Waals surface area contributed by atoms with E-state index in [2.05, 4.69) is 25.6 Å². The summed E-state index contributed by atoms with van der Waals surface area (Å²) >= 11 is 0. The quantitative estimate of drug-likeness (QED) is 0.356. The van der Waals surface area contributed by atoms with Crippen LogP contribution in [0.25, 0.3) is 11.0 Å². The Morgan fingerprint density at radius 2 is 2.07 bits per heavy atom. The minimum Gasteiger partial charge on any atom is -0.381 e. The number of hydrogen-bond acceptors (Lipinski definition) is 4. The third kappa shape index (κ3) is 6.52. The van der Waals surface area contributed by atoms with Crippen molar-refractivity contribution in [1.29, 1.82) is 0 Å². The zero-order valence-electron chi connectivity index (χ0n) is 16.2. The molecule has 3 rings (SSSR count). The van der Waals surface area contributed by atoms with E-state index in [1.54, 1.807) is 7.05 Å². The van der Waals surface area contributed by atoms with Gasteiger partial charge in [0, 0.05) is 53.0 Å². The summed E-state index contributed by atoms with van der Waals surface area (Å²) in [6, 6.07) is 8.09. The summed E-state index contributed by atoms with van der Waals surface area (Å²) in [7, 11) is 1.79. The molecule has 0 unspecified atom stereocenters. The summed E-state index contributed by atoms with van der Waals surface area (Å²) in [4.78, 5) is 12.2. The Balaban J connectivity index is 1.25. The number of aromatic nitrogens is 2. The van der Waals surface area contributed by atoms with Crippen molar-refractivity contribution in [2.24, 2.45) is 10.9 Å². The normalized spacial score (nSPS) is 16.0. The van der Waals surface area contributed by atoms with Gasteiger partial charge in [0.1, 0.15) is 5.82 Å². The van der Waals surface area contributed by atoms with Crippen molar-refractivity contribution >= 4 is 17.0 Å². The molecule has 0 aliphatic carbocycles. The fourth-order valence-corrected chi connectivity index (χ4v) is 3.19. The summed E-state index contributed by atoms with van der Waals surface area (Å²) in [5, 5.41) is 6.66. The standard InChI is InChI=1S/C20H31N5O2/c1-21-20(22-10-4-12-27-15-16-8-13-26-14-9-16)23-11-7-19-24-17-5-2-3-6-18(17)25-19/h2-3,5-6,16H,4,7-15H2,1H3,(H,24,25)(H2,21,22,23). The summed E-state index contributed by atoms with van der Waals surface area (Å²) in [5.74, 6) is 2.47. The number of imidazole rings is 1. The van der Waals surface area contributed by atoms with E-state index in [-0.39, 0.29) is 0 Å². The van der Waals surface area contributed by atoms with Crippen LogP contribution < -0.4 is 10.6 Å². The van der Waals surface area contributed by atoms with Crippen molar-refractivity contribution < 1.29 is 9.47 Å². The first-order valence-electron chi connectivity index (χ1n) is 9.89. The molecule has 0 amide bonds. The van der Waals surface area contributed by atoms with Crippen molar-refractivity contribution in [1.82, 2.24) is 20.6 Å². The Kier molecular flexibility index (Phi) is 7.92. The molecule has 0 spiro atoms. The van der Waals surface area contributed by atoms with E-state index in [1.165, 1.54) is 0 Å². The Morgan fingerprint density at radius 3 is 2.89 bits per heavy atom. The molecule has 0 bridgehead atoms. The molecule has 1 fully saturated rings. The van der Waals surface area contributed by atoms with Gasteiger partial charge in [0.2, 0.25) is 0 Å². The number of ether oxygens (including phenoxy) is 2. The fourth-order valence-electron chi connectivity index (χ4n) is 3.19. The number of benzene rings is 1. The molecular weight excluding hydrogens is 342 g/mol. The van der Waals surface area contributed by atoms with Crippen LogP contribution in [0.3, 0.4) is 0 Å². The van der Waals surface area contributed by atoms with Crippen molar-refractivity contribution in [3.05, 3.63) is 30.1 Å². The van der Waals surface area contributed by atoms with E-state index in [1.807, 2.05) is 24.3 Å². The zero-order valence-corrected chi connectivity index (χ0v) is 16.2. The molecule has 1 saturated heterocycles. The van der Waals surface area contributed by atoms with Crippen LogP contribution in [0.1, 0.15) is 25.1 Å². The van der Waals surface area contributed by atoms with Crippen LogP contribution in [0, 0.1) is 5.92 Å². The van der Waals surface area contributed by atoms with Gasteiger partial charge >= 0.3 is 0 Å². The summed E-state index contributed by atoms with van der Waals surface area (Å²) in [6.07, 6.45) is 4.04. The predicted molar refractivity (Wildman–Crippen MR) is 108 cm³/mol. The number of para-hydroxylation sites is 2. The number of hydrogen-bond donors (Lipinski definition) is 3. The summed E-state index contributed by atoms with van der Waals surface area (Å²) in [6.45, 7) is 5.02. The van der Waals surface area contributed by atoms with Gasteiger partial charge in [0.25, 0.3) is 0 Å². The topological polar surface area (TPSA) is 83.6 Å². The average Bonchev–Trinajstić information content (AvgIpc) is 3.12. The number of H-pyrrole nitrogens is 1. The molecule has 1 aliphatic rings. The second-order valence-electron chi connectivity index (χ2n) is 6.86. The van der Waals surface area contributed by atoms with Crippen molar-refractivity contribution in [3.8, 4) is 0 Å². The van der Waals surface area contributed by atoms with Gasteiger partial charge in [-0.2, -0.15) is 0 Å². The van der Waals surface area contributed by atoms with Crippen molar-refractivity contribution in [2.75, 3.05) is 46.6 Å². The highest BCUT2D eigenvalue weighted by atomic mass is 16.5. The smallest absolute Gasteiger partial charge is 0.190 e. The molecule has 7 nitrogen and oxygen atoms in total. The number of rotatable bonds is 9. The Labute approximate surface area is 161 Å². The van der Waals surface area contributed by atoms with Crippen LogP contribution in [0.5, 0.6) is 0 Å². The Morgan fingerprint density at radius 1 is 1.26 bits per heavy atom. The minimum absolute atomic E-state index is 0.666. The highest BCUT2D eigenvalue weighted by Crippen LogP contribution is 2.14. The Bertz CT molecular complexity index is 676. The van der Waals surface area contributed by atoms with E-state index >= 15 is 0 Å². The number of nitrogens with one attached hydrogen (secondary N) is 3. The molecule has 1 aliphatic heterocycles. The first kappa shape index (κ1) is 19.6. The van der Waals surface area contributed by atoms with Gasteiger partial charge in [0.05, 0.1) is 11.0 Å². The molecule has 1 aromatic carbocycles. The lowest BCUT2D eigenvalue weighted by molar-refractivity contribution is 0.0203. The van der Waals surface area contributed by atoms with Gasteiger partial charge in [0.15, 0.2) is 5.96 Å². The van der Waals surface area contributed by atoms with Crippen LogP contribution in [0.4, 0.5) is 0 Å². The van der Waals surface area contributed by atoms with Gasteiger partial charge in [-0.1, -0.05) is 12.1 Å². The zero-order chi connectivity index (χ0) is 18.7. The van der Waals surface area contributed by atoms with Gasteiger partial charge in [-0.05, 0) is 37.3 Å². The highest BCUT2D eigenvalue weighted by molar-refractivity contribution is 5.79. The molecule has 2 aromatic rings. The van der Waals surface area contributed by atoms with E-state index < -0.39 is 0 Å². The molecular formula is C20H31N5O2. The number of nitrogens with zero attached hydrogens (tertiary/aromatic N) is 2. The maximum absolute atomic E-state index is 5.79. The summed E-state index contributed by atoms with van der Waals surface area (Å²) < 4.78 is 11.2. The lowest BCUT2D eigenvalue weighted by atomic mass is 10.0. The van der Waals surface area contributed by atoms with Crippen molar-refractivity contribution in [2.45, 2.75) is 25.7 Å². The first-order chi connectivity index (χ1) is 13.3. The molecule has 1 aromatic heterocycles. The van der Waals surface area contributed by atoms with Crippen LogP contribution in [-0.2, 0) is 15.9 Å². The number of aromatic amines is 1. The monoisotopic (exact) mass is 373 g/mol. The molecule has 3 N–H and O–H groups in total. The van der Waals surface area contributed by atoms with Crippen LogP contribution in [0.15, 0.2) is 29.3 Å². The molecule has 0 radical (unpaired) electrons. The van der Waals surface area contributed by atoms with Crippen LogP contribution in [0.2, 0.25) is 0 Å². The Hall–Kier alpha value is -2.12. The summed E-state index contributed by atoms with van der Waals surface area (Å²) in [5.41, 5.74) is 2.09. The largest absolute Gasteiger partial charge is 0.381 e. The van der Waals surface area contributed by atoms with Gasteiger partial charge in [-0.15, -0.1) is 0 Å². The molecule has 0 saturated carbocycles. The minimum atomic E-state index is 0.666. The maximum Gasteiger partial charge on any atom is 0.190 e. The van der Waals surface area contributed by atoms with E-state index in [0.29, 0.717) is 5.92 Å². The van der Waals surface area contributed by atoms with Gasteiger partial charge in [-0.3, -0.25) is 4.99 Å². The third-order valence-corrected chi connectivity index (χ3v) is 4.77. The molecule has 148 valence electrons.